The van der Waals surface area contributed by atoms with Crippen molar-refractivity contribution in [2.75, 3.05) is 0 Å². The number of aliphatic imine (C=N–C) groups is 1. The van der Waals surface area contributed by atoms with Crippen molar-refractivity contribution in [3.8, 4) is 0 Å². The third-order valence-corrected chi connectivity index (χ3v) is 5.79. The first-order chi connectivity index (χ1) is 11.3. The van der Waals surface area contributed by atoms with Crippen LogP contribution in [0.1, 0.15) is 24.0 Å². The molecule has 2 aromatic carbocycles. The molecule has 1 saturated carbocycles. The molecule has 1 saturated heterocycles. The van der Waals surface area contributed by atoms with Crippen LogP contribution in [0.4, 0.5) is 0 Å². The first-order valence-electron chi connectivity index (χ1n) is 7.90. The van der Waals surface area contributed by atoms with Gasteiger partial charge in [-0.15, -0.1) is 0 Å². The molecule has 0 N–H and O–H groups in total. The highest BCUT2D eigenvalue weighted by molar-refractivity contribution is 8.16. The molecule has 2 fully saturated rings. The third-order valence-electron chi connectivity index (χ3n) is 4.28. The van der Waals surface area contributed by atoms with Gasteiger partial charge in [0.25, 0.3) is 0 Å². The quantitative estimate of drug-likeness (QED) is 0.856. The average molecular weight is 322 g/mol. The van der Waals surface area contributed by atoms with E-state index in [1.54, 1.807) is 11.8 Å². The average Bonchev–Trinajstić information content (AvgIpc) is 3.34. The molecule has 1 spiro atoms. The minimum absolute atomic E-state index is 0.204. The van der Waals surface area contributed by atoms with Crippen molar-refractivity contribution in [2.24, 2.45) is 4.99 Å². The lowest BCUT2D eigenvalue weighted by atomic mass is 10.2. The van der Waals surface area contributed by atoms with Gasteiger partial charge in [-0.3, -0.25) is 14.7 Å². The number of amides is 1. The van der Waals surface area contributed by atoms with Crippen molar-refractivity contribution in [3.63, 3.8) is 0 Å². The van der Waals surface area contributed by atoms with Crippen molar-refractivity contribution in [3.05, 3.63) is 71.8 Å². The monoisotopic (exact) mass is 322 g/mol. The van der Waals surface area contributed by atoms with Crippen LogP contribution in [0.15, 0.2) is 65.7 Å². The topological polar surface area (TPSA) is 32.7 Å². The van der Waals surface area contributed by atoms with Gasteiger partial charge in [-0.25, -0.2) is 0 Å². The van der Waals surface area contributed by atoms with Crippen molar-refractivity contribution in [1.82, 2.24) is 4.90 Å². The highest BCUT2D eigenvalue weighted by atomic mass is 32.2. The number of amidine groups is 1. The second-order valence-electron chi connectivity index (χ2n) is 6.06. The van der Waals surface area contributed by atoms with Gasteiger partial charge in [-0.05, 0) is 24.0 Å². The van der Waals surface area contributed by atoms with Gasteiger partial charge in [0, 0.05) is 0 Å². The molecule has 2 aromatic rings. The molecule has 1 aliphatic heterocycles. The highest BCUT2D eigenvalue weighted by Gasteiger charge is 2.59. The van der Waals surface area contributed by atoms with E-state index >= 15 is 0 Å². The zero-order valence-corrected chi connectivity index (χ0v) is 13.6. The van der Waals surface area contributed by atoms with Gasteiger partial charge >= 0.3 is 0 Å². The fourth-order valence-corrected chi connectivity index (χ4v) is 4.04. The number of rotatable bonds is 4. The van der Waals surface area contributed by atoms with E-state index in [1.165, 1.54) is 5.56 Å². The van der Waals surface area contributed by atoms with Gasteiger partial charge in [0.1, 0.15) is 4.75 Å². The number of thioether (sulfide) groups is 1. The molecule has 1 heterocycles. The van der Waals surface area contributed by atoms with Gasteiger partial charge < -0.3 is 0 Å². The van der Waals surface area contributed by atoms with Gasteiger partial charge in [0.15, 0.2) is 5.17 Å². The van der Waals surface area contributed by atoms with Crippen LogP contribution in [0.25, 0.3) is 0 Å². The molecule has 116 valence electrons. The number of carbonyl (C=O) groups is 1. The fraction of sp³-hybridized carbons (Fsp3) is 0.263. The molecule has 0 aromatic heterocycles. The minimum Gasteiger partial charge on any atom is -0.286 e. The van der Waals surface area contributed by atoms with Crippen molar-refractivity contribution in [2.45, 2.75) is 30.7 Å². The Hall–Kier alpha value is -2.07. The molecule has 3 nitrogen and oxygen atoms in total. The molecule has 1 amide bonds. The van der Waals surface area contributed by atoms with E-state index in [-0.39, 0.29) is 10.7 Å². The molecule has 2 aliphatic rings. The number of benzene rings is 2. The summed E-state index contributed by atoms with van der Waals surface area (Å²) in [6.45, 7) is 1.24. The molecule has 4 rings (SSSR count). The predicted octanol–water partition coefficient (Wildman–Crippen LogP) is 3.85. The van der Waals surface area contributed by atoms with Crippen LogP contribution >= 0.6 is 11.8 Å². The van der Waals surface area contributed by atoms with Crippen molar-refractivity contribution in [1.29, 1.82) is 0 Å². The molecule has 0 radical (unpaired) electrons. The summed E-state index contributed by atoms with van der Waals surface area (Å²) < 4.78 is -0.204. The van der Waals surface area contributed by atoms with Crippen LogP contribution in [0.3, 0.4) is 0 Å². The Morgan fingerprint density at radius 2 is 1.57 bits per heavy atom. The van der Waals surface area contributed by atoms with Crippen LogP contribution in [0, 0.1) is 0 Å². The molecular formula is C19H18N2OS. The third kappa shape index (κ3) is 2.91. The standard InChI is InChI=1S/C19H18N2OS/c22-17-19(11-12-19)23-18(20-13-15-7-3-1-4-8-15)21(17)14-16-9-5-2-6-10-16/h1-10H,11-14H2. The van der Waals surface area contributed by atoms with Gasteiger partial charge in [-0.1, -0.05) is 72.4 Å². The molecule has 4 heteroatoms. The first-order valence-corrected chi connectivity index (χ1v) is 8.72. The van der Waals surface area contributed by atoms with Gasteiger partial charge in [0.05, 0.1) is 13.1 Å². The normalized spacial score (nSPS) is 20.4. The summed E-state index contributed by atoms with van der Waals surface area (Å²) >= 11 is 1.66. The second-order valence-corrected chi connectivity index (χ2v) is 7.41. The van der Waals surface area contributed by atoms with Gasteiger partial charge in [-0.2, -0.15) is 0 Å². The number of hydrogen-bond donors (Lipinski definition) is 0. The maximum atomic E-state index is 12.7. The van der Waals surface area contributed by atoms with E-state index in [9.17, 15) is 4.79 Å². The summed E-state index contributed by atoms with van der Waals surface area (Å²) in [5.74, 6) is 0.234. The molecular weight excluding hydrogens is 304 g/mol. The van der Waals surface area contributed by atoms with E-state index in [2.05, 4.69) is 24.3 Å². The highest BCUT2D eigenvalue weighted by Crippen LogP contribution is 2.55. The SMILES string of the molecule is O=C1N(Cc2ccccc2)C(=NCc2ccccc2)SC12CC2. The number of hydrogen-bond acceptors (Lipinski definition) is 3. The Morgan fingerprint density at radius 3 is 2.17 bits per heavy atom. The predicted molar refractivity (Wildman–Crippen MR) is 94.1 cm³/mol. The fourth-order valence-electron chi connectivity index (χ4n) is 2.80. The smallest absolute Gasteiger partial charge is 0.245 e. The summed E-state index contributed by atoms with van der Waals surface area (Å²) in [5, 5.41) is 0.875. The summed E-state index contributed by atoms with van der Waals surface area (Å²) in [6, 6.07) is 20.3. The zero-order chi connectivity index (χ0) is 15.7. The van der Waals surface area contributed by atoms with Crippen LogP contribution in [-0.2, 0) is 17.9 Å². The van der Waals surface area contributed by atoms with Gasteiger partial charge in [0.2, 0.25) is 5.91 Å². The minimum atomic E-state index is -0.204. The number of carbonyl (C=O) groups excluding carboxylic acids is 1. The number of nitrogens with zero attached hydrogens (tertiary/aromatic N) is 2. The lowest BCUT2D eigenvalue weighted by molar-refractivity contribution is -0.127. The summed E-state index contributed by atoms with van der Waals surface area (Å²) in [4.78, 5) is 19.4. The maximum absolute atomic E-state index is 12.7. The van der Waals surface area contributed by atoms with E-state index in [0.29, 0.717) is 13.1 Å². The second kappa shape index (κ2) is 5.85. The summed E-state index contributed by atoms with van der Waals surface area (Å²) in [7, 11) is 0. The van der Waals surface area contributed by atoms with E-state index in [4.69, 9.17) is 4.99 Å². The van der Waals surface area contributed by atoms with Crippen LogP contribution in [0.5, 0.6) is 0 Å². The lowest BCUT2D eigenvalue weighted by Crippen LogP contribution is -2.32. The first kappa shape index (κ1) is 14.5. The molecule has 0 atom stereocenters. The summed E-state index contributed by atoms with van der Waals surface area (Å²) in [6.07, 6.45) is 1.96. The van der Waals surface area contributed by atoms with E-state index in [1.807, 2.05) is 41.3 Å². The van der Waals surface area contributed by atoms with Crippen molar-refractivity contribution < 1.29 is 4.79 Å². The largest absolute Gasteiger partial charge is 0.286 e. The Bertz CT molecular complexity index is 738. The van der Waals surface area contributed by atoms with E-state index < -0.39 is 0 Å². The van der Waals surface area contributed by atoms with Crippen molar-refractivity contribution >= 4 is 22.8 Å². The molecule has 0 unspecified atom stereocenters. The molecule has 1 aliphatic carbocycles. The molecule has 23 heavy (non-hydrogen) atoms. The Labute approximate surface area is 140 Å². The van der Waals surface area contributed by atoms with Crippen LogP contribution in [0.2, 0.25) is 0 Å². The zero-order valence-electron chi connectivity index (χ0n) is 12.8. The van der Waals surface area contributed by atoms with Crippen LogP contribution < -0.4 is 0 Å². The summed E-state index contributed by atoms with van der Waals surface area (Å²) in [5.41, 5.74) is 2.32. The van der Waals surface area contributed by atoms with E-state index in [0.717, 1.165) is 23.6 Å². The van der Waals surface area contributed by atoms with Crippen LogP contribution in [-0.4, -0.2) is 20.7 Å². The maximum Gasteiger partial charge on any atom is 0.245 e. The Kier molecular flexibility index (Phi) is 3.69. The Balaban J connectivity index is 1.57. The molecule has 0 bridgehead atoms. The Morgan fingerprint density at radius 1 is 0.957 bits per heavy atom. The lowest BCUT2D eigenvalue weighted by Gasteiger charge is -2.16.